The number of aromatic nitrogens is 3. The number of pyridine rings is 1. The summed E-state index contributed by atoms with van der Waals surface area (Å²) in [5.41, 5.74) is 2.11. The van der Waals surface area contributed by atoms with Crippen LogP contribution in [-0.4, -0.2) is 45.1 Å². The molecule has 106 valence electrons. The van der Waals surface area contributed by atoms with Crippen LogP contribution in [0, 0.1) is 5.92 Å². The third-order valence-corrected chi connectivity index (χ3v) is 4.58. The van der Waals surface area contributed by atoms with Crippen LogP contribution in [-0.2, 0) is 7.05 Å². The van der Waals surface area contributed by atoms with E-state index in [4.69, 9.17) is 0 Å². The fourth-order valence-electron chi connectivity index (χ4n) is 3.23. The molecule has 1 saturated carbocycles. The highest BCUT2D eigenvalue weighted by molar-refractivity contribution is 5.85. The predicted octanol–water partition coefficient (Wildman–Crippen LogP) is 1.86. The summed E-state index contributed by atoms with van der Waals surface area (Å²) >= 11 is 0. The number of hydrogen-bond donors (Lipinski definition) is 1. The largest absolute Gasteiger partial charge is 0.368 e. The highest BCUT2D eigenvalue weighted by atomic mass is 15.2. The van der Waals surface area contributed by atoms with Gasteiger partial charge in [-0.05, 0) is 37.8 Å². The lowest BCUT2D eigenvalue weighted by atomic mass is 10.1. The van der Waals surface area contributed by atoms with Gasteiger partial charge in [-0.25, -0.2) is 9.97 Å². The Morgan fingerprint density at radius 2 is 2.20 bits per heavy atom. The highest BCUT2D eigenvalue weighted by Crippen LogP contribution is 2.31. The van der Waals surface area contributed by atoms with E-state index in [1.54, 1.807) is 0 Å². The van der Waals surface area contributed by atoms with Crippen LogP contribution in [0.25, 0.3) is 11.0 Å². The lowest BCUT2D eigenvalue weighted by molar-refractivity contribution is 0.316. The van der Waals surface area contributed by atoms with Crippen molar-refractivity contribution >= 4 is 16.9 Å². The molecule has 1 saturated heterocycles. The number of rotatable bonds is 4. The average molecular weight is 271 g/mol. The third kappa shape index (κ3) is 2.16. The van der Waals surface area contributed by atoms with Gasteiger partial charge in [-0.3, -0.25) is 0 Å². The van der Waals surface area contributed by atoms with Crippen molar-refractivity contribution in [2.45, 2.75) is 25.3 Å². The summed E-state index contributed by atoms with van der Waals surface area (Å²) in [7, 11) is 2.02. The van der Waals surface area contributed by atoms with Crippen LogP contribution in [0.3, 0.4) is 0 Å². The first-order valence-corrected chi connectivity index (χ1v) is 7.55. The summed E-state index contributed by atoms with van der Waals surface area (Å²) in [6.45, 7) is 3.53. The Kier molecular flexibility index (Phi) is 2.88. The number of nitrogens with zero attached hydrogens (tertiary/aromatic N) is 4. The molecule has 1 aliphatic carbocycles. The second-order valence-electron chi connectivity index (χ2n) is 6.14. The lowest BCUT2D eigenvalue weighted by Gasteiger charge is -2.15. The van der Waals surface area contributed by atoms with Crippen molar-refractivity contribution in [3.63, 3.8) is 0 Å². The molecular weight excluding hydrogens is 250 g/mol. The van der Waals surface area contributed by atoms with Crippen LogP contribution >= 0.6 is 0 Å². The Morgan fingerprint density at radius 1 is 1.30 bits per heavy atom. The van der Waals surface area contributed by atoms with Crippen LogP contribution < -0.4 is 5.32 Å². The molecular formula is C15H21N5. The van der Waals surface area contributed by atoms with Gasteiger partial charge in [-0.15, -0.1) is 0 Å². The van der Waals surface area contributed by atoms with E-state index in [0.717, 1.165) is 35.4 Å². The van der Waals surface area contributed by atoms with E-state index < -0.39 is 0 Å². The molecule has 2 aromatic rings. The molecule has 1 aliphatic heterocycles. The van der Waals surface area contributed by atoms with Crippen molar-refractivity contribution in [3.8, 4) is 0 Å². The fraction of sp³-hybridized carbons (Fsp3) is 0.600. The van der Waals surface area contributed by atoms with E-state index in [0.29, 0.717) is 0 Å². The standard InChI is InChI=1S/C15H21N5/c1-19-10-18-14-13(19)4-6-16-15(14)17-8-11-5-7-20(9-11)12-2-3-12/h4,6,10-12H,2-3,5,7-9H2,1H3,(H,16,17). The van der Waals surface area contributed by atoms with Gasteiger partial charge in [0.1, 0.15) is 5.52 Å². The number of aryl methyl sites for hydroxylation is 1. The average Bonchev–Trinajstić information content (AvgIpc) is 3.09. The third-order valence-electron chi connectivity index (χ3n) is 4.58. The van der Waals surface area contributed by atoms with Crippen molar-refractivity contribution in [2.75, 3.05) is 25.0 Å². The Labute approximate surface area is 119 Å². The molecule has 1 N–H and O–H groups in total. The zero-order valence-corrected chi connectivity index (χ0v) is 11.9. The molecule has 2 aromatic heterocycles. The monoisotopic (exact) mass is 271 g/mol. The first kappa shape index (κ1) is 12.1. The molecule has 0 amide bonds. The minimum atomic E-state index is 0.747. The van der Waals surface area contributed by atoms with Gasteiger partial charge >= 0.3 is 0 Å². The number of anilines is 1. The second kappa shape index (κ2) is 4.74. The van der Waals surface area contributed by atoms with Gasteiger partial charge in [0.05, 0.1) is 11.8 Å². The molecule has 0 radical (unpaired) electrons. The molecule has 5 nitrogen and oxygen atoms in total. The van der Waals surface area contributed by atoms with Gasteiger partial charge in [0.15, 0.2) is 5.82 Å². The van der Waals surface area contributed by atoms with Gasteiger partial charge in [0.2, 0.25) is 0 Å². The Balaban J connectivity index is 1.43. The summed E-state index contributed by atoms with van der Waals surface area (Å²) < 4.78 is 2.03. The van der Waals surface area contributed by atoms with E-state index in [2.05, 4.69) is 20.2 Å². The van der Waals surface area contributed by atoms with Gasteiger partial charge in [0, 0.05) is 32.4 Å². The van der Waals surface area contributed by atoms with Crippen LogP contribution in [0.1, 0.15) is 19.3 Å². The number of imidazole rings is 1. The van der Waals surface area contributed by atoms with Crippen LogP contribution in [0.5, 0.6) is 0 Å². The van der Waals surface area contributed by atoms with Gasteiger partial charge in [-0.2, -0.15) is 0 Å². The molecule has 0 bridgehead atoms. The fourth-order valence-corrected chi connectivity index (χ4v) is 3.23. The molecule has 20 heavy (non-hydrogen) atoms. The summed E-state index contributed by atoms with van der Waals surface area (Å²) in [6.07, 6.45) is 7.84. The highest BCUT2D eigenvalue weighted by Gasteiger charge is 2.34. The predicted molar refractivity (Wildman–Crippen MR) is 79.7 cm³/mol. The molecule has 2 fully saturated rings. The number of nitrogens with one attached hydrogen (secondary N) is 1. The Hall–Kier alpha value is -1.62. The van der Waals surface area contributed by atoms with Gasteiger partial charge < -0.3 is 14.8 Å². The molecule has 4 rings (SSSR count). The second-order valence-corrected chi connectivity index (χ2v) is 6.14. The summed E-state index contributed by atoms with van der Waals surface area (Å²) in [4.78, 5) is 11.5. The Morgan fingerprint density at radius 3 is 3.05 bits per heavy atom. The molecule has 2 aliphatic rings. The van der Waals surface area contributed by atoms with Crippen molar-refractivity contribution in [1.29, 1.82) is 0 Å². The number of hydrogen-bond acceptors (Lipinski definition) is 4. The maximum atomic E-state index is 4.45. The van der Waals surface area contributed by atoms with Crippen molar-refractivity contribution < 1.29 is 0 Å². The van der Waals surface area contributed by atoms with Crippen molar-refractivity contribution in [2.24, 2.45) is 13.0 Å². The smallest absolute Gasteiger partial charge is 0.154 e. The zero-order chi connectivity index (χ0) is 13.5. The van der Waals surface area contributed by atoms with E-state index in [1.165, 1.54) is 32.4 Å². The summed E-state index contributed by atoms with van der Waals surface area (Å²) in [6, 6.07) is 2.91. The molecule has 0 spiro atoms. The van der Waals surface area contributed by atoms with Crippen LogP contribution in [0.2, 0.25) is 0 Å². The maximum absolute atomic E-state index is 4.45. The molecule has 1 unspecified atom stereocenters. The summed E-state index contributed by atoms with van der Waals surface area (Å²) in [5, 5.41) is 3.51. The van der Waals surface area contributed by atoms with Gasteiger partial charge in [0.25, 0.3) is 0 Å². The Bertz CT molecular complexity index is 616. The number of likely N-dealkylation sites (tertiary alicyclic amines) is 1. The topological polar surface area (TPSA) is 46.0 Å². The number of fused-ring (bicyclic) bond motifs is 1. The van der Waals surface area contributed by atoms with E-state index in [9.17, 15) is 0 Å². The zero-order valence-electron chi connectivity index (χ0n) is 11.9. The van der Waals surface area contributed by atoms with E-state index in [1.807, 2.05) is 30.2 Å². The van der Waals surface area contributed by atoms with E-state index >= 15 is 0 Å². The molecule has 5 heteroatoms. The van der Waals surface area contributed by atoms with Crippen molar-refractivity contribution in [3.05, 3.63) is 18.6 Å². The molecule has 1 atom stereocenters. The van der Waals surface area contributed by atoms with Crippen LogP contribution in [0.4, 0.5) is 5.82 Å². The van der Waals surface area contributed by atoms with Crippen molar-refractivity contribution in [1.82, 2.24) is 19.4 Å². The van der Waals surface area contributed by atoms with Gasteiger partial charge in [-0.1, -0.05) is 0 Å². The SMILES string of the molecule is Cn1cnc2c(NCC3CCN(C4CC4)C3)nccc21. The minimum absolute atomic E-state index is 0.747. The summed E-state index contributed by atoms with van der Waals surface area (Å²) in [5.74, 6) is 1.67. The maximum Gasteiger partial charge on any atom is 0.154 e. The molecule has 0 aromatic carbocycles. The first-order valence-electron chi connectivity index (χ1n) is 7.55. The van der Waals surface area contributed by atoms with Crippen LogP contribution in [0.15, 0.2) is 18.6 Å². The van der Waals surface area contributed by atoms with E-state index in [-0.39, 0.29) is 0 Å². The molecule has 3 heterocycles. The minimum Gasteiger partial charge on any atom is -0.368 e. The quantitative estimate of drug-likeness (QED) is 0.922. The first-order chi connectivity index (χ1) is 9.81. The normalized spacial score (nSPS) is 23.6. The lowest BCUT2D eigenvalue weighted by Crippen LogP contribution is -2.25.